The number of hydrogen-bond donors (Lipinski definition) is 2. The summed E-state index contributed by atoms with van der Waals surface area (Å²) >= 11 is 0. The van der Waals surface area contributed by atoms with Crippen molar-refractivity contribution in [3.63, 3.8) is 0 Å². The maximum Gasteiger partial charge on any atom is 0.446 e. The molecular formula is C11H12O8S. The first-order valence-corrected chi connectivity index (χ1v) is 6.47. The zero-order valence-electron chi connectivity index (χ0n) is 10.6. The molecule has 0 fully saturated rings. The second-order valence-corrected chi connectivity index (χ2v) is 4.46. The van der Waals surface area contributed by atoms with Gasteiger partial charge in [-0.1, -0.05) is 0 Å². The van der Waals surface area contributed by atoms with Crippen LogP contribution in [-0.2, 0) is 15.2 Å². The first kappa shape index (κ1) is 15.8. The van der Waals surface area contributed by atoms with E-state index in [0.717, 1.165) is 6.08 Å². The SMILES string of the molecule is COc1cc(/C=C/C(=O)O)cc(OC)c1OS(=O)(=O)O. The fourth-order valence-corrected chi connectivity index (χ4v) is 1.73. The summed E-state index contributed by atoms with van der Waals surface area (Å²) in [5, 5.41) is 8.55. The van der Waals surface area contributed by atoms with Crippen molar-refractivity contribution >= 4 is 22.4 Å². The fourth-order valence-electron chi connectivity index (χ4n) is 1.35. The van der Waals surface area contributed by atoms with Gasteiger partial charge in [0.1, 0.15) is 0 Å². The molecule has 1 aromatic carbocycles. The highest BCUT2D eigenvalue weighted by molar-refractivity contribution is 7.81. The van der Waals surface area contributed by atoms with Gasteiger partial charge in [-0.05, 0) is 23.8 Å². The Hall–Kier alpha value is -2.26. The number of methoxy groups -OCH3 is 2. The lowest BCUT2D eigenvalue weighted by molar-refractivity contribution is -0.131. The van der Waals surface area contributed by atoms with Gasteiger partial charge in [0.05, 0.1) is 14.2 Å². The molecule has 110 valence electrons. The molecule has 1 rings (SSSR count). The van der Waals surface area contributed by atoms with Crippen molar-refractivity contribution in [3.05, 3.63) is 23.8 Å². The number of carboxylic acid groups (broad SMARTS) is 1. The summed E-state index contributed by atoms with van der Waals surface area (Å²) in [7, 11) is -2.26. The molecule has 1 aromatic rings. The van der Waals surface area contributed by atoms with Gasteiger partial charge < -0.3 is 18.8 Å². The minimum Gasteiger partial charge on any atom is -0.493 e. The molecule has 0 saturated heterocycles. The zero-order chi connectivity index (χ0) is 15.3. The molecule has 0 heterocycles. The van der Waals surface area contributed by atoms with Gasteiger partial charge in [0.15, 0.2) is 11.5 Å². The van der Waals surface area contributed by atoms with Crippen molar-refractivity contribution in [1.82, 2.24) is 0 Å². The van der Waals surface area contributed by atoms with Gasteiger partial charge in [-0.2, -0.15) is 8.42 Å². The molecule has 0 spiro atoms. The molecule has 0 bridgehead atoms. The van der Waals surface area contributed by atoms with E-state index in [1.54, 1.807) is 0 Å². The molecule has 0 aliphatic carbocycles. The molecule has 0 amide bonds. The first-order chi connectivity index (χ1) is 9.26. The van der Waals surface area contributed by atoms with Gasteiger partial charge in [-0.15, -0.1) is 0 Å². The van der Waals surface area contributed by atoms with E-state index >= 15 is 0 Å². The number of carbonyl (C=O) groups is 1. The Labute approximate surface area is 115 Å². The Morgan fingerprint density at radius 3 is 2.05 bits per heavy atom. The van der Waals surface area contributed by atoms with Gasteiger partial charge in [-0.3, -0.25) is 4.55 Å². The number of benzene rings is 1. The summed E-state index contributed by atoms with van der Waals surface area (Å²) in [5.74, 6) is -1.59. The molecule has 0 aliphatic heterocycles. The van der Waals surface area contributed by atoms with Gasteiger partial charge in [0.2, 0.25) is 5.75 Å². The van der Waals surface area contributed by atoms with Crippen LogP contribution in [0.4, 0.5) is 0 Å². The van der Waals surface area contributed by atoms with E-state index in [0.29, 0.717) is 5.56 Å². The third-order valence-corrected chi connectivity index (χ3v) is 2.47. The summed E-state index contributed by atoms with van der Waals surface area (Å²) in [6.07, 6.45) is 2.14. The van der Waals surface area contributed by atoms with Crippen LogP contribution in [0.1, 0.15) is 5.56 Å². The fraction of sp³-hybridized carbons (Fsp3) is 0.182. The summed E-state index contributed by atoms with van der Waals surface area (Å²) in [6.45, 7) is 0. The smallest absolute Gasteiger partial charge is 0.446 e. The van der Waals surface area contributed by atoms with Gasteiger partial charge in [0.25, 0.3) is 0 Å². The maximum atomic E-state index is 10.8. The second kappa shape index (κ2) is 6.26. The molecular weight excluding hydrogens is 292 g/mol. The van der Waals surface area contributed by atoms with Gasteiger partial charge >= 0.3 is 16.4 Å². The number of aliphatic carboxylic acids is 1. The van der Waals surface area contributed by atoms with Crippen LogP contribution < -0.4 is 13.7 Å². The molecule has 0 unspecified atom stereocenters. The van der Waals surface area contributed by atoms with Crippen LogP contribution >= 0.6 is 0 Å². The van der Waals surface area contributed by atoms with Crippen molar-refractivity contribution < 1.29 is 36.5 Å². The summed E-state index contributed by atoms with van der Waals surface area (Å²) in [5.41, 5.74) is 0.379. The lowest BCUT2D eigenvalue weighted by Crippen LogP contribution is -2.09. The van der Waals surface area contributed by atoms with E-state index in [-0.39, 0.29) is 17.2 Å². The maximum absolute atomic E-state index is 10.8. The quantitative estimate of drug-likeness (QED) is 0.589. The molecule has 0 radical (unpaired) electrons. The normalized spacial score (nSPS) is 11.3. The Balaban J connectivity index is 3.35. The molecule has 0 atom stereocenters. The molecule has 9 heteroatoms. The molecule has 8 nitrogen and oxygen atoms in total. The Morgan fingerprint density at radius 1 is 1.20 bits per heavy atom. The second-order valence-electron chi connectivity index (χ2n) is 3.44. The average molecular weight is 304 g/mol. The monoisotopic (exact) mass is 304 g/mol. The predicted molar refractivity (Wildman–Crippen MR) is 68.4 cm³/mol. The van der Waals surface area contributed by atoms with Crippen LogP contribution in [0.15, 0.2) is 18.2 Å². The van der Waals surface area contributed by atoms with E-state index in [2.05, 4.69) is 4.18 Å². The molecule has 20 heavy (non-hydrogen) atoms. The first-order valence-electron chi connectivity index (χ1n) is 5.10. The highest BCUT2D eigenvalue weighted by Crippen LogP contribution is 2.39. The predicted octanol–water partition coefficient (Wildman–Crippen LogP) is 0.983. The highest BCUT2D eigenvalue weighted by Gasteiger charge is 2.19. The van der Waals surface area contributed by atoms with Gasteiger partial charge in [-0.25, -0.2) is 4.79 Å². The molecule has 0 aliphatic rings. The third kappa shape index (κ3) is 4.44. The summed E-state index contributed by atoms with van der Waals surface area (Å²) in [6, 6.07) is 2.64. The van der Waals surface area contributed by atoms with E-state index < -0.39 is 16.4 Å². The number of hydrogen-bond acceptors (Lipinski definition) is 6. The van der Waals surface area contributed by atoms with Crippen molar-refractivity contribution in [3.8, 4) is 17.2 Å². The van der Waals surface area contributed by atoms with Crippen LogP contribution in [0.5, 0.6) is 17.2 Å². The van der Waals surface area contributed by atoms with E-state index in [4.69, 9.17) is 19.1 Å². The molecule has 0 aromatic heterocycles. The van der Waals surface area contributed by atoms with Crippen molar-refractivity contribution in [2.75, 3.05) is 14.2 Å². The van der Waals surface area contributed by atoms with Crippen molar-refractivity contribution in [1.29, 1.82) is 0 Å². The minimum absolute atomic E-state index is 0.0491. The van der Waals surface area contributed by atoms with Crippen molar-refractivity contribution in [2.45, 2.75) is 0 Å². The highest BCUT2D eigenvalue weighted by atomic mass is 32.3. The van der Waals surface area contributed by atoms with Crippen LogP contribution in [0.25, 0.3) is 6.08 Å². The summed E-state index contributed by atoms with van der Waals surface area (Å²) < 4.78 is 44.4. The van der Waals surface area contributed by atoms with Crippen LogP contribution in [-0.4, -0.2) is 38.3 Å². The van der Waals surface area contributed by atoms with Crippen molar-refractivity contribution in [2.24, 2.45) is 0 Å². The third-order valence-electron chi connectivity index (χ3n) is 2.09. The molecule has 2 N–H and O–H groups in total. The van der Waals surface area contributed by atoms with E-state index in [1.807, 2.05) is 0 Å². The number of ether oxygens (including phenoxy) is 2. The Kier molecular flexibility index (Phi) is 4.94. The topological polar surface area (TPSA) is 119 Å². The van der Waals surface area contributed by atoms with Crippen LogP contribution in [0.2, 0.25) is 0 Å². The Bertz CT molecular complexity index is 607. The summed E-state index contributed by atoms with van der Waals surface area (Å²) in [4.78, 5) is 10.4. The largest absolute Gasteiger partial charge is 0.493 e. The average Bonchev–Trinajstić information content (AvgIpc) is 2.35. The Morgan fingerprint density at radius 2 is 1.70 bits per heavy atom. The lowest BCUT2D eigenvalue weighted by atomic mass is 10.1. The number of rotatable bonds is 6. The standard InChI is InChI=1S/C11H12O8S/c1-17-8-5-7(3-4-10(12)13)6-9(18-2)11(8)19-20(14,15)16/h3-6H,1-2H3,(H,12,13)(H,14,15,16)/b4-3+. The number of carboxylic acids is 1. The molecule has 0 saturated carbocycles. The van der Waals surface area contributed by atoms with Crippen LogP contribution in [0.3, 0.4) is 0 Å². The lowest BCUT2D eigenvalue weighted by Gasteiger charge is -2.13. The van der Waals surface area contributed by atoms with Gasteiger partial charge in [0, 0.05) is 6.08 Å². The van der Waals surface area contributed by atoms with E-state index in [1.165, 1.54) is 32.4 Å². The van der Waals surface area contributed by atoms with E-state index in [9.17, 15) is 13.2 Å². The minimum atomic E-state index is -4.75. The van der Waals surface area contributed by atoms with Crippen LogP contribution in [0, 0.1) is 0 Å². The zero-order valence-corrected chi connectivity index (χ0v) is 11.4.